The van der Waals surface area contributed by atoms with E-state index in [0.717, 1.165) is 33.4 Å². The molecule has 3 aromatic carbocycles. The Balaban J connectivity index is 1.31. The van der Waals surface area contributed by atoms with E-state index in [9.17, 15) is 19.8 Å². The van der Waals surface area contributed by atoms with E-state index in [1.54, 1.807) is 18.3 Å². The SMILES string of the molecule is C=CCOC(=O)NCc1cccc(-c2ccc([C@H]3O[C@@H](CSc4ncccc4C(=O)O)C[C@@H](c4ccc(CO)cc4)O3)cc2)c1. The van der Waals surface area contributed by atoms with Crippen molar-refractivity contribution in [3.8, 4) is 11.1 Å². The van der Waals surface area contributed by atoms with Crippen molar-refractivity contribution < 1.29 is 34.0 Å². The minimum Gasteiger partial charge on any atom is -0.478 e. The molecule has 3 N–H and O–H groups in total. The fourth-order valence-corrected chi connectivity index (χ4v) is 5.92. The van der Waals surface area contributed by atoms with Crippen LogP contribution in [-0.2, 0) is 27.4 Å². The standard InChI is InChI=1S/C35H34N2O7S/c1-2-17-42-35(41)37-20-24-5-3-6-28(18-24)25-12-14-27(15-13-25)34-43-29(22-45-32-30(33(39)40)7-4-16-36-32)19-31(44-34)26-10-8-23(21-38)9-11-26/h2-16,18,29,31,34,38H,1,17,19-22H2,(H,37,41)(H,39,40)/t29-,31+,34+/m1/s1. The van der Waals surface area contributed by atoms with Gasteiger partial charge in [0.2, 0.25) is 0 Å². The number of aromatic nitrogens is 1. The Morgan fingerprint density at radius 1 is 0.978 bits per heavy atom. The van der Waals surface area contributed by atoms with Gasteiger partial charge in [0.05, 0.1) is 24.4 Å². The van der Waals surface area contributed by atoms with Gasteiger partial charge in [-0.25, -0.2) is 14.6 Å². The van der Waals surface area contributed by atoms with E-state index in [4.69, 9.17) is 14.2 Å². The third-order valence-corrected chi connectivity index (χ3v) is 8.37. The molecule has 1 aliphatic rings. The molecule has 0 saturated carbocycles. The minimum atomic E-state index is -1.02. The van der Waals surface area contributed by atoms with Crippen molar-refractivity contribution in [1.29, 1.82) is 0 Å². The smallest absolute Gasteiger partial charge is 0.407 e. The first-order chi connectivity index (χ1) is 21.9. The molecule has 10 heteroatoms. The van der Waals surface area contributed by atoms with Gasteiger partial charge >= 0.3 is 12.1 Å². The second kappa shape index (κ2) is 15.5. The summed E-state index contributed by atoms with van der Waals surface area (Å²) in [6, 6.07) is 26.7. The number of hydrogen-bond acceptors (Lipinski definition) is 8. The van der Waals surface area contributed by atoms with Gasteiger partial charge in [-0.15, -0.1) is 11.8 Å². The number of aromatic carboxylic acids is 1. The number of ether oxygens (including phenoxy) is 3. The second-order valence-electron chi connectivity index (χ2n) is 10.4. The van der Waals surface area contributed by atoms with E-state index >= 15 is 0 Å². The topological polar surface area (TPSA) is 127 Å². The molecule has 1 aromatic heterocycles. The number of aliphatic hydroxyl groups is 1. The van der Waals surface area contributed by atoms with E-state index < -0.39 is 18.4 Å². The number of pyridine rings is 1. The van der Waals surface area contributed by atoms with Crippen LogP contribution in [0.3, 0.4) is 0 Å². The zero-order valence-corrected chi connectivity index (χ0v) is 25.3. The number of carboxylic acid groups (broad SMARTS) is 1. The number of amides is 1. The normalized spacial score (nSPS) is 17.8. The van der Waals surface area contributed by atoms with Crippen molar-refractivity contribution in [1.82, 2.24) is 10.3 Å². The number of thioether (sulfide) groups is 1. The number of aliphatic hydroxyl groups excluding tert-OH is 1. The van der Waals surface area contributed by atoms with Crippen molar-refractivity contribution in [2.75, 3.05) is 12.4 Å². The molecule has 5 rings (SSSR count). The summed E-state index contributed by atoms with van der Waals surface area (Å²) in [6.45, 7) is 3.98. The largest absolute Gasteiger partial charge is 0.478 e. The molecule has 1 amide bonds. The lowest BCUT2D eigenvalue weighted by molar-refractivity contribution is -0.245. The maximum Gasteiger partial charge on any atom is 0.407 e. The Bertz CT molecular complexity index is 1610. The van der Waals surface area contributed by atoms with Gasteiger partial charge in [0, 0.05) is 30.5 Å². The summed E-state index contributed by atoms with van der Waals surface area (Å²) < 4.78 is 17.9. The average molecular weight is 627 g/mol. The summed E-state index contributed by atoms with van der Waals surface area (Å²) in [5.41, 5.74) is 5.70. The van der Waals surface area contributed by atoms with Crippen molar-refractivity contribution in [2.24, 2.45) is 0 Å². The van der Waals surface area contributed by atoms with Crippen LogP contribution in [0.2, 0.25) is 0 Å². The summed E-state index contributed by atoms with van der Waals surface area (Å²) in [7, 11) is 0. The summed E-state index contributed by atoms with van der Waals surface area (Å²) in [5, 5.41) is 22.2. The highest BCUT2D eigenvalue weighted by molar-refractivity contribution is 7.99. The first-order valence-corrected chi connectivity index (χ1v) is 15.4. The molecule has 0 spiro atoms. The lowest BCUT2D eigenvalue weighted by Crippen LogP contribution is -2.31. The predicted octanol–water partition coefficient (Wildman–Crippen LogP) is 6.69. The maximum absolute atomic E-state index is 11.8. The Morgan fingerprint density at radius 2 is 1.76 bits per heavy atom. The van der Waals surface area contributed by atoms with Gasteiger partial charge in [0.1, 0.15) is 11.6 Å². The monoisotopic (exact) mass is 626 g/mol. The van der Waals surface area contributed by atoms with Crippen LogP contribution in [0.25, 0.3) is 11.1 Å². The van der Waals surface area contributed by atoms with E-state index in [2.05, 4.69) is 16.9 Å². The molecule has 1 aliphatic heterocycles. The number of carboxylic acids is 1. The zero-order valence-electron chi connectivity index (χ0n) is 24.5. The molecule has 0 bridgehead atoms. The number of rotatable bonds is 12. The molecule has 1 saturated heterocycles. The molecule has 3 atom stereocenters. The number of nitrogens with one attached hydrogen (secondary N) is 1. The van der Waals surface area contributed by atoms with E-state index in [1.807, 2.05) is 72.8 Å². The highest BCUT2D eigenvalue weighted by Crippen LogP contribution is 2.40. The van der Waals surface area contributed by atoms with E-state index in [1.165, 1.54) is 17.8 Å². The van der Waals surface area contributed by atoms with Crippen LogP contribution in [-0.4, -0.2) is 45.7 Å². The summed E-state index contributed by atoms with van der Waals surface area (Å²) in [6.07, 6.45) is 1.99. The van der Waals surface area contributed by atoms with Crippen LogP contribution in [0.5, 0.6) is 0 Å². The summed E-state index contributed by atoms with van der Waals surface area (Å²) >= 11 is 1.35. The molecule has 232 valence electrons. The number of nitrogens with zero attached hydrogens (tertiary/aromatic N) is 1. The number of carbonyl (C=O) groups excluding carboxylic acids is 1. The van der Waals surface area contributed by atoms with Crippen LogP contribution in [0.15, 0.2) is 109 Å². The fraction of sp³-hybridized carbons (Fsp3) is 0.229. The van der Waals surface area contributed by atoms with E-state index in [0.29, 0.717) is 23.7 Å². The highest BCUT2D eigenvalue weighted by Gasteiger charge is 2.32. The summed E-state index contributed by atoms with van der Waals surface area (Å²) in [5.74, 6) is -0.534. The molecule has 1 fully saturated rings. The van der Waals surface area contributed by atoms with Crippen LogP contribution >= 0.6 is 11.8 Å². The zero-order chi connectivity index (χ0) is 31.6. The predicted molar refractivity (Wildman–Crippen MR) is 171 cm³/mol. The molecule has 0 radical (unpaired) electrons. The first-order valence-electron chi connectivity index (χ1n) is 14.5. The van der Waals surface area contributed by atoms with Gasteiger partial charge in [0.25, 0.3) is 0 Å². The Labute approximate surface area is 265 Å². The molecule has 4 aromatic rings. The maximum atomic E-state index is 11.8. The van der Waals surface area contributed by atoms with E-state index in [-0.39, 0.29) is 31.0 Å². The van der Waals surface area contributed by atoms with Crippen LogP contribution in [0.4, 0.5) is 4.79 Å². The molecular formula is C35H34N2O7S. The number of benzene rings is 3. The summed E-state index contributed by atoms with van der Waals surface area (Å²) in [4.78, 5) is 27.8. The highest BCUT2D eigenvalue weighted by atomic mass is 32.2. The van der Waals surface area contributed by atoms with Crippen LogP contribution < -0.4 is 5.32 Å². The third-order valence-electron chi connectivity index (χ3n) is 7.23. The molecule has 0 unspecified atom stereocenters. The quantitative estimate of drug-likeness (QED) is 0.116. The molecule has 0 aliphatic carbocycles. The van der Waals surface area contributed by atoms with Crippen molar-refractivity contribution in [3.05, 3.63) is 132 Å². The van der Waals surface area contributed by atoms with Crippen molar-refractivity contribution in [2.45, 2.75) is 43.1 Å². The van der Waals surface area contributed by atoms with Gasteiger partial charge < -0.3 is 29.7 Å². The molecule has 9 nitrogen and oxygen atoms in total. The lowest BCUT2D eigenvalue weighted by Gasteiger charge is -2.36. The van der Waals surface area contributed by atoms with Crippen LogP contribution in [0, 0.1) is 0 Å². The van der Waals surface area contributed by atoms with Gasteiger partial charge in [-0.3, -0.25) is 0 Å². The van der Waals surface area contributed by atoms with Gasteiger partial charge in [-0.1, -0.05) is 79.4 Å². The van der Waals surface area contributed by atoms with Gasteiger partial charge in [-0.05, 0) is 46.0 Å². The molecule has 2 heterocycles. The number of hydrogen-bond donors (Lipinski definition) is 3. The number of alkyl carbamates (subject to hydrolysis) is 1. The number of carbonyl (C=O) groups is 2. The lowest BCUT2D eigenvalue weighted by atomic mass is 9.99. The van der Waals surface area contributed by atoms with Crippen molar-refractivity contribution >= 4 is 23.8 Å². The Morgan fingerprint density at radius 3 is 2.49 bits per heavy atom. The minimum absolute atomic E-state index is 0.0408. The Kier molecular flexibility index (Phi) is 11.0. The van der Waals surface area contributed by atoms with Gasteiger partial charge in [-0.2, -0.15) is 0 Å². The molecule has 45 heavy (non-hydrogen) atoms. The fourth-order valence-electron chi connectivity index (χ4n) is 4.92. The van der Waals surface area contributed by atoms with Crippen LogP contribution in [0.1, 0.15) is 51.4 Å². The third kappa shape index (κ3) is 8.58. The van der Waals surface area contributed by atoms with Crippen molar-refractivity contribution in [3.63, 3.8) is 0 Å². The Hall–Kier alpha value is -4.48. The first kappa shape index (κ1) is 31.9. The second-order valence-corrected chi connectivity index (χ2v) is 11.4. The molecular weight excluding hydrogens is 592 g/mol. The van der Waals surface area contributed by atoms with Gasteiger partial charge in [0.15, 0.2) is 6.29 Å². The average Bonchev–Trinajstić information content (AvgIpc) is 3.09.